The molecule has 0 saturated heterocycles. The van der Waals surface area contributed by atoms with Gasteiger partial charge in [0, 0.05) is 11.1 Å². The zero-order valence-electron chi connectivity index (χ0n) is 14.5. The molecular weight excluding hydrogens is 328 g/mol. The van der Waals surface area contributed by atoms with E-state index in [1.165, 1.54) is 11.1 Å². The zero-order chi connectivity index (χ0) is 17.9. The molecule has 0 bridgehead atoms. The molecule has 132 valence electrons. The van der Waals surface area contributed by atoms with Crippen LogP contribution in [-0.4, -0.2) is 31.9 Å². The monoisotopic (exact) mass is 348 g/mol. The van der Waals surface area contributed by atoms with E-state index in [-0.39, 0.29) is 6.61 Å². The van der Waals surface area contributed by atoms with Gasteiger partial charge in [-0.25, -0.2) is 4.68 Å². The minimum atomic E-state index is -0.419. The van der Waals surface area contributed by atoms with Gasteiger partial charge in [0.25, 0.3) is 0 Å². The Morgan fingerprint density at radius 1 is 1.04 bits per heavy atom. The van der Waals surface area contributed by atoms with Crippen molar-refractivity contribution < 1.29 is 9.94 Å². The zero-order valence-corrected chi connectivity index (χ0v) is 14.5. The summed E-state index contributed by atoms with van der Waals surface area (Å²) in [6.07, 6.45) is 2.03. The summed E-state index contributed by atoms with van der Waals surface area (Å²) in [5, 5.41) is 22.1. The Morgan fingerprint density at radius 3 is 2.27 bits per heavy atom. The SMILES string of the molecule is CCC(O)Cn1cc(CON=C2c3ccccc3-c3ccccc32)nn1. The fourth-order valence-corrected chi connectivity index (χ4v) is 3.09. The van der Waals surface area contributed by atoms with Gasteiger partial charge in [0.1, 0.15) is 11.4 Å². The first kappa shape index (κ1) is 16.5. The quantitative estimate of drug-likeness (QED) is 0.544. The Balaban J connectivity index is 1.51. The number of aromatic nitrogens is 3. The van der Waals surface area contributed by atoms with Crippen molar-refractivity contribution in [1.29, 1.82) is 0 Å². The van der Waals surface area contributed by atoms with E-state index in [1.54, 1.807) is 10.9 Å². The third-order valence-corrected chi connectivity index (χ3v) is 4.48. The highest BCUT2D eigenvalue weighted by atomic mass is 16.6. The van der Waals surface area contributed by atoms with Crippen LogP contribution in [0.5, 0.6) is 0 Å². The Kier molecular flexibility index (Phi) is 4.50. The lowest BCUT2D eigenvalue weighted by Crippen LogP contribution is -2.15. The Bertz CT molecular complexity index is 901. The molecule has 4 rings (SSSR count). The van der Waals surface area contributed by atoms with Gasteiger partial charge in [0.2, 0.25) is 0 Å². The first-order chi connectivity index (χ1) is 12.8. The van der Waals surface area contributed by atoms with E-state index in [2.05, 4.69) is 39.7 Å². The van der Waals surface area contributed by atoms with Gasteiger partial charge in [-0.3, -0.25) is 0 Å². The second-order valence-electron chi connectivity index (χ2n) is 6.30. The number of hydrogen-bond acceptors (Lipinski definition) is 5. The van der Waals surface area contributed by atoms with Crippen molar-refractivity contribution in [2.24, 2.45) is 5.16 Å². The highest BCUT2D eigenvalue weighted by molar-refractivity contribution is 6.24. The molecule has 1 aromatic heterocycles. The highest BCUT2D eigenvalue weighted by Crippen LogP contribution is 2.36. The molecule has 0 amide bonds. The Morgan fingerprint density at radius 2 is 1.65 bits per heavy atom. The van der Waals surface area contributed by atoms with Crippen molar-refractivity contribution in [2.45, 2.75) is 32.6 Å². The summed E-state index contributed by atoms with van der Waals surface area (Å²) < 4.78 is 1.63. The summed E-state index contributed by atoms with van der Waals surface area (Å²) in [6.45, 7) is 2.59. The Hall–Kier alpha value is -2.99. The summed E-state index contributed by atoms with van der Waals surface area (Å²) >= 11 is 0. The molecule has 1 unspecified atom stereocenters. The van der Waals surface area contributed by atoms with Crippen LogP contribution in [0.15, 0.2) is 59.9 Å². The lowest BCUT2D eigenvalue weighted by atomic mass is 10.1. The van der Waals surface area contributed by atoms with E-state index in [1.807, 2.05) is 31.2 Å². The van der Waals surface area contributed by atoms with Gasteiger partial charge < -0.3 is 9.94 Å². The average molecular weight is 348 g/mol. The summed E-state index contributed by atoms with van der Waals surface area (Å²) in [6, 6.07) is 16.4. The molecule has 0 radical (unpaired) electrons. The summed E-state index contributed by atoms with van der Waals surface area (Å²) in [4.78, 5) is 5.57. The predicted octanol–water partition coefficient (Wildman–Crippen LogP) is 3.00. The van der Waals surface area contributed by atoms with Crippen LogP contribution in [0.25, 0.3) is 11.1 Å². The van der Waals surface area contributed by atoms with E-state index < -0.39 is 6.10 Å². The molecule has 1 N–H and O–H groups in total. The number of aliphatic hydroxyl groups is 1. The van der Waals surface area contributed by atoms with Crippen molar-refractivity contribution in [2.75, 3.05) is 0 Å². The van der Waals surface area contributed by atoms with Gasteiger partial charge >= 0.3 is 0 Å². The normalized spacial score (nSPS) is 13.2. The second kappa shape index (κ2) is 7.09. The van der Waals surface area contributed by atoms with E-state index >= 15 is 0 Å². The number of fused-ring (bicyclic) bond motifs is 3. The largest absolute Gasteiger partial charge is 0.391 e. The van der Waals surface area contributed by atoms with Crippen LogP contribution in [0.1, 0.15) is 30.2 Å². The first-order valence-corrected chi connectivity index (χ1v) is 8.72. The van der Waals surface area contributed by atoms with Crippen LogP contribution in [0.4, 0.5) is 0 Å². The lowest BCUT2D eigenvalue weighted by Gasteiger charge is -2.05. The number of aliphatic hydroxyl groups excluding tert-OH is 1. The van der Waals surface area contributed by atoms with Crippen LogP contribution < -0.4 is 0 Å². The van der Waals surface area contributed by atoms with E-state index in [4.69, 9.17) is 4.84 Å². The van der Waals surface area contributed by atoms with Crippen molar-refractivity contribution in [3.05, 3.63) is 71.5 Å². The Labute approximate surface area is 151 Å². The van der Waals surface area contributed by atoms with Gasteiger partial charge in [-0.05, 0) is 17.5 Å². The number of benzene rings is 2. The van der Waals surface area contributed by atoms with Gasteiger partial charge in [0.05, 0.1) is 18.8 Å². The molecule has 0 aliphatic heterocycles. The van der Waals surface area contributed by atoms with Crippen molar-refractivity contribution in [1.82, 2.24) is 15.0 Å². The molecule has 1 atom stereocenters. The first-order valence-electron chi connectivity index (χ1n) is 8.72. The number of rotatable bonds is 6. The van der Waals surface area contributed by atoms with Gasteiger partial charge in [0.15, 0.2) is 6.61 Å². The number of nitrogens with zero attached hydrogens (tertiary/aromatic N) is 4. The van der Waals surface area contributed by atoms with E-state index in [0.717, 1.165) is 16.8 Å². The fraction of sp³-hybridized carbons (Fsp3) is 0.250. The fourth-order valence-electron chi connectivity index (χ4n) is 3.09. The minimum absolute atomic E-state index is 0.232. The smallest absolute Gasteiger partial charge is 0.162 e. The average Bonchev–Trinajstić information content (AvgIpc) is 3.25. The van der Waals surface area contributed by atoms with E-state index in [9.17, 15) is 5.11 Å². The lowest BCUT2D eigenvalue weighted by molar-refractivity contribution is 0.128. The molecule has 1 aliphatic carbocycles. The molecular formula is C20H20N4O2. The molecule has 0 saturated carbocycles. The third kappa shape index (κ3) is 3.11. The number of oxime groups is 1. The molecule has 1 aliphatic rings. The molecule has 2 aromatic carbocycles. The highest BCUT2D eigenvalue weighted by Gasteiger charge is 2.24. The molecule has 6 nitrogen and oxygen atoms in total. The van der Waals surface area contributed by atoms with Gasteiger partial charge in [-0.1, -0.05) is 65.8 Å². The maximum absolute atomic E-state index is 9.68. The van der Waals surface area contributed by atoms with E-state index in [0.29, 0.717) is 18.7 Å². The molecule has 26 heavy (non-hydrogen) atoms. The maximum atomic E-state index is 9.68. The van der Waals surface area contributed by atoms with Gasteiger partial charge in [-0.15, -0.1) is 5.10 Å². The van der Waals surface area contributed by atoms with Crippen molar-refractivity contribution in [3.8, 4) is 11.1 Å². The van der Waals surface area contributed by atoms with Crippen molar-refractivity contribution >= 4 is 5.71 Å². The standard InChI is InChI=1S/C20H20N4O2/c1-2-15(25)12-24-11-14(21-23-24)13-26-22-20-18-9-5-3-7-16(18)17-8-4-6-10-19(17)20/h3-11,15,25H,2,12-13H2,1H3. The topological polar surface area (TPSA) is 72.5 Å². The minimum Gasteiger partial charge on any atom is -0.391 e. The molecule has 6 heteroatoms. The van der Waals surface area contributed by atoms with Crippen LogP contribution in [-0.2, 0) is 18.0 Å². The summed E-state index contributed by atoms with van der Waals surface area (Å²) in [7, 11) is 0. The summed E-state index contributed by atoms with van der Waals surface area (Å²) in [5.74, 6) is 0. The molecule has 0 spiro atoms. The van der Waals surface area contributed by atoms with Crippen LogP contribution in [0, 0.1) is 0 Å². The van der Waals surface area contributed by atoms with Crippen LogP contribution >= 0.6 is 0 Å². The molecule has 0 fully saturated rings. The van der Waals surface area contributed by atoms with Crippen LogP contribution in [0.3, 0.4) is 0 Å². The number of hydrogen-bond donors (Lipinski definition) is 1. The summed E-state index contributed by atoms with van der Waals surface area (Å²) in [5.41, 5.74) is 6.00. The van der Waals surface area contributed by atoms with Crippen molar-refractivity contribution in [3.63, 3.8) is 0 Å². The maximum Gasteiger partial charge on any atom is 0.162 e. The van der Waals surface area contributed by atoms with Crippen LogP contribution in [0.2, 0.25) is 0 Å². The molecule has 3 aromatic rings. The third-order valence-electron chi connectivity index (χ3n) is 4.48. The predicted molar refractivity (Wildman–Crippen MR) is 98.6 cm³/mol. The van der Waals surface area contributed by atoms with Gasteiger partial charge in [-0.2, -0.15) is 0 Å². The molecule has 1 heterocycles. The second-order valence-corrected chi connectivity index (χ2v) is 6.30.